The third kappa shape index (κ3) is 3.56. The van der Waals surface area contributed by atoms with Crippen molar-refractivity contribution in [2.45, 2.75) is 32.4 Å². The van der Waals surface area contributed by atoms with Crippen LogP contribution in [0.4, 0.5) is 13.2 Å². The van der Waals surface area contributed by atoms with Gasteiger partial charge in [-0.2, -0.15) is 13.2 Å². The van der Waals surface area contributed by atoms with Crippen LogP contribution in [0.3, 0.4) is 0 Å². The van der Waals surface area contributed by atoms with Gasteiger partial charge in [-0.25, -0.2) is 4.98 Å². The lowest BCUT2D eigenvalue weighted by Gasteiger charge is -2.20. The van der Waals surface area contributed by atoms with E-state index >= 15 is 0 Å². The summed E-state index contributed by atoms with van der Waals surface area (Å²) in [4.78, 5) is 7.77. The fourth-order valence-electron chi connectivity index (χ4n) is 3.37. The number of benzene rings is 2. The maximum atomic E-state index is 13.6. The van der Waals surface area contributed by atoms with Gasteiger partial charge in [0.05, 0.1) is 11.2 Å². The van der Waals surface area contributed by atoms with E-state index < -0.39 is 12.0 Å². The second-order valence-corrected chi connectivity index (χ2v) is 8.23. The van der Waals surface area contributed by atoms with Crippen molar-refractivity contribution in [1.29, 1.82) is 0 Å². The minimum Gasteiger partial charge on any atom is -0.345 e. The molecule has 0 atom stereocenters. The molecule has 0 amide bonds. The van der Waals surface area contributed by atoms with E-state index in [4.69, 9.17) is 0 Å². The minimum atomic E-state index is -4.67. The third-order valence-corrected chi connectivity index (χ3v) is 4.93. The number of hydrogen-bond acceptors (Lipinski definition) is 2. The van der Waals surface area contributed by atoms with Gasteiger partial charge in [0.1, 0.15) is 0 Å². The Morgan fingerprint density at radius 2 is 1.63 bits per heavy atom. The maximum absolute atomic E-state index is 13.6. The van der Waals surface area contributed by atoms with Crippen LogP contribution >= 0.6 is 0 Å². The average molecular weight is 410 g/mol. The van der Waals surface area contributed by atoms with E-state index in [9.17, 15) is 13.2 Å². The summed E-state index contributed by atoms with van der Waals surface area (Å²) in [5.74, 6) is -1.17. The fourth-order valence-corrected chi connectivity index (χ4v) is 3.37. The Hall–Kier alpha value is -3.22. The smallest absolute Gasteiger partial charge is 0.345 e. The highest BCUT2D eigenvalue weighted by molar-refractivity contribution is 5.86. The van der Waals surface area contributed by atoms with Gasteiger partial charge in [-0.3, -0.25) is 0 Å². The molecule has 2 heterocycles. The van der Waals surface area contributed by atoms with Crippen molar-refractivity contribution < 1.29 is 17.7 Å². The average Bonchev–Trinajstić information content (AvgIpc) is 3.04. The van der Waals surface area contributed by atoms with Crippen LogP contribution in [0.2, 0.25) is 0 Å². The van der Waals surface area contributed by atoms with Gasteiger partial charge in [-0.1, -0.05) is 75.4 Å². The second kappa shape index (κ2) is 6.93. The zero-order valence-corrected chi connectivity index (χ0v) is 17.1. The Morgan fingerprint density at radius 1 is 0.933 bits per heavy atom. The van der Waals surface area contributed by atoms with Gasteiger partial charge in [-0.15, -0.1) is 4.98 Å². The highest BCUT2D eigenvalue weighted by Gasteiger charge is 2.38. The van der Waals surface area contributed by atoms with E-state index in [2.05, 4.69) is 37.1 Å². The molecule has 4 nitrogen and oxygen atoms in total. The highest BCUT2D eigenvalue weighted by atomic mass is 19.4. The Morgan fingerprint density at radius 3 is 2.27 bits per heavy atom. The lowest BCUT2D eigenvalue weighted by molar-refractivity contribution is -0.575. The number of aromatic nitrogens is 4. The van der Waals surface area contributed by atoms with Crippen molar-refractivity contribution >= 4 is 11.2 Å². The molecule has 0 N–H and O–H groups in total. The minimum absolute atomic E-state index is 0.109. The highest BCUT2D eigenvalue weighted by Crippen LogP contribution is 2.32. The SMILES string of the molecule is Cn1[c-][n+](-c2cccc(C(C)(C)C)c2)c2nc(C(F)(F)F)nc(-c3ccccc3)c21. The van der Waals surface area contributed by atoms with Gasteiger partial charge in [0, 0.05) is 12.7 Å². The Labute approximate surface area is 172 Å². The van der Waals surface area contributed by atoms with Crippen molar-refractivity contribution in [2.75, 3.05) is 0 Å². The third-order valence-electron chi connectivity index (χ3n) is 4.93. The molecule has 0 unspecified atom stereocenters. The van der Waals surface area contributed by atoms with Crippen LogP contribution in [0.5, 0.6) is 0 Å². The molecule has 0 fully saturated rings. The number of halogens is 3. The molecule has 0 spiro atoms. The standard InChI is InChI=1S/C23H21F3N4/c1-22(2,3)16-11-8-12-17(13-16)30-14-29(4)19-18(15-9-6-5-7-10-15)27-21(23(24,25)26)28-20(19)30/h5-13H,1-4H3. The molecule has 0 radical (unpaired) electrons. The summed E-state index contributed by atoms with van der Waals surface area (Å²) in [7, 11) is 1.73. The lowest BCUT2D eigenvalue weighted by Crippen LogP contribution is -2.31. The van der Waals surface area contributed by atoms with Crippen molar-refractivity contribution in [1.82, 2.24) is 14.5 Å². The van der Waals surface area contributed by atoms with E-state index in [1.54, 1.807) is 40.4 Å². The van der Waals surface area contributed by atoms with Gasteiger partial charge in [-0.05, 0) is 16.5 Å². The molecule has 0 aliphatic carbocycles. The number of imidazole rings is 1. The molecule has 0 saturated heterocycles. The molecule has 0 bridgehead atoms. The predicted octanol–water partition coefficient (Wildman–Crippen LogP) is 5.03. The van der Waals surface area contributed by atoms with Crippen LogP contribution in [0.15, 0.2) is 54.6 Å². The first kappa shape index (κ1) is 20.1. The summed E-state index contributed by atoms with van der Waals surface area (Å²) in [6.07, 6.45) is -1.57. The number of aryl methyl sites for hydroxylation is 1. The number of rotatable bonds is 2. The van der Waals surface area contributed by atoms with Crippen LogP contribution in [0.1, 0.15) is 32.2 Å². The molecule has 154 valence electrons. The summed E-state index contributed by atoms with van der Waals surface area (Å²) in [5, 5.41) is 0. The van der Waals surface area contributed by atoms with Crippen LogP contribution in [0, 0.1) is 6.33 Å². The van der Waals surface area contributed by atoms with E-state index in [0.717, 1.165) is 5.56 Å². The van der Waals surface area contributed by atoms with Gasteiger partial charge in [0.25, 0.3) is 5.82 Å². The molecule has 4 rings (SSSR count). The molecule has 2 aromatic carbocycles. The molecule has 0 saturated carbocycles. The topological polar surface area (TPSA) is 34.6 Å². The molecule has 4 aromatic rings. The zero-order chi connectivity index (χ0) is 21.7. The van der Waals surface area contributed by atoms with Crippen molar-refractivity contribution in [3.63, 3.8) is 0 Å². The van der Waals surface area contributed by atoms with Crippen LogP contribution in [-0.4, -0.2) is 14.5 Å². The first-order chi connectivity index (χ1) is 14.1. The largest absolute Gasteiger partial charge is 0.467 e. The van der Waals surface area contributed by atoms with E-state index in [-0.39, 0.29) is 16.8 Å². The van der Waals surface area contributed by atoms with E-state index in [1.165, 1.54) is 0 Å². The number of nitrogens with zero attached hydrogens (tertiary/aromatic N) is 4. The summed E-state index contributed by atoms with van der Waals surface area (Å²) < 4.78 is 44.1. The molecule has 2 aromatic heterocycles. The predicted molar refractivity (Wildman–Crippen MR) is 108 cm³/mol. The molecule has 7 heteroatoms. The van der Waals surface area contributed by atoms with E-state index in [0.29, 0.717) is 16.8 Å². The summed E-state index contributed by atoms with van der Waals surface area (Å²) in [5.41, 5.74) is 3.09. The molecular weight excluding hydrogens is 389 g/mol. The van der Waals surface area contributed by atoms with Gasteiger partial charge >= 0.3 is 6.18 Å². The van der Waals surface area contributed by atoms with E-state index in [1.807, 2.05) is 30.3 Å². The molecular formula is C23H21F3N4. The molecule has 0 aliphatic rings. The number of hydrogen-bond donors (Lipinski definition) is 0. The van der Waals surface area contributed by atoms with Gasteiger partial charge in [0.2, 0.25) is 0 Å². The summed E-state index contributed by atoms with van der Waals surface area (Å²) in [6.45, 7) is 6.25. The second-order valence-electron chi connectivity index (χ2n) is 8.23. The monoisotopic (exact) mass is 410 g/mol. The Kier molecular flexibility index (Phi) is 4.64. The van der Waals surface area contributed by atoms with Crippen LogP contribution < -0.4 is 4.57 Å². The first-order valence-electron chi connectivity index (χ1n) is 9.51. The zero-order valence-electron chi connectivity index (χ0n) is 17.1. The van der Waals surface area contributed by atoms with Crippen molar-refractivity contribution in [3.8, 4) is 16.9 Å². The number of fused-ring (bicyclic) bond motifs is 1. The van der Waals surface area contributed by atoms with Gasteiger partial charge < -0.3 is 9.13 Å². The number of alkyl halides is 3. The van der Waals surface area contributed by atoms with Gasteiger partial charge in [0.15, 0.2) is 12.0 Å². The summed E-state index contributed by atoms with van der Waals surface area (Å²) in [6, 6.07) is 16.5. The maximum Gasteiger partial charge on any atom is 0.467 e. The quantitative estimate of drug-likeness (QED) is 0.343. The van der Waals surface area contributed by atoms with Crippen molar-refractivity contribution in [2.24, 2.45) is 7.05 Å². The molecule has 30 heavy (non-hydrogen) atoms. The van der Waals surface area contributed by atoms with Crippen LogP contribution in [-0.2, 0) is 18.6 Å². The van der Waals surface area contributed by atoms with Crippen LogP contribution in [0.25, 0.3) is 28.1 Å². The van der Waals surface area contributed by atoms with Crippen molar-refractivity contribution in [3.05, 3.63) is 72.3 Å². The Bertz CT molecular complexity index is 1220. The lowest BCUT2D eigenvalue weighted by atomic mass is 9.87. The molecule has 0 aliphatic heterocycles. The summed E-state index contributed by atoms with van der Waals surface area (Å²) >= 11 is 0. The fraction of sp³-hybridized carbons (Fsp3) is 0.261. The first-order valence-corrected chi connectivity index (χ1v) is 9.51. The Balaban J connectivity index is 2.05. The normalized spacial score (nSPS) is 12.5.